The number of carboxylic acid groups (broad SMARTS) is 1. The Bertz CT molecular complexity index is 690. The first kappa shape index (κ1) is 22.0. The van der Waals surface area contributed by atoms with Crippen molar-refractivity contribution >= 4 is 41.6 Å². The first-order chi connectivity index (χ1) is 13.0. The molecule has 8 nitrogen and oxygen atoms in total. The van der Waals surface area contributed by atoms with Gasteiger partial charge in [0.2, 0.25) is 11.8 Å². The van der Waals surface area contributed by atoms with Crippen molar-refractivity contribution in [2.75, 3.05) is 42.9 Å². The second-order valence-electron chi connectivity index (χ2n) is 7.02. The van der Waals surface area contributed by atoms with Crippen LogP contribution in [0.3, 0.4) is 0 Å². The van der Waals surface area contributed by atoms with Crippen molar-refractivity contribution in [2.24, 2.45) is 0 Å². The standard InChI is InChI=1S/C19H26N4O4.ClH/c24-17-8-7-16(19(27)21-17)20-14-3-5-15(6-4-14)23-12-10-22(11-13-23)9-1-2-18(25)26;/h3-6,16,20H,1-2,7-13H2,(H,25,26)(H,21,24,27);1H. The summed E-state index contributed by atoms with van der Waals surface area (Å²) >= 11 is 0. The Hall–Kier alpha value is -2.32. The number of halogens is 1. The number of hydrogen-bond donors (Lipinski definition) is 3. The van der Waals surface area contributed by atoms with Crippen molar-refractivity contribution in [3.05, 3.63) is 24.3 Å². The molecule has 0 bridgehead atoms. The van der Waals surface area contributed by atoms with Crippen molar-refractivity contribution in [1.29, 1.82) is 0 Å². The zero-order valence-corrected chi connectivity index (χ0v) is 16.5. The fraction of sp³-hybridized carbons (Fsp3) is 0.526. The molecule has 3 N–H and O–H groups in total. The molecule has 154 valence electrons. The van der Waals surface area contributed by atoms with Crippen LogP contribution in [-0.2, 0) is 14.4 Å². The molecule has 2 heterocycles. The summed E-state index contributed by atoms with van der Waals surface area (Å²) in [6, 6.07) is 7.61. The Balaban J connectivity index is 0.00000280. The molecule has 0 aromatic heterocycles. The van der Waals surface area contributed by atoms with Gasteiger partial charge in [0.25, 0.3) is 0 Å². The second kappa shape index (κ2) is 10.3. The number of nitrogens with one attached hydrogen (secondary N) is 2. The molecule has 1 atom stereocenters. The van der Waals surface area contributed by atoms with Crippen LogP contribution in [0.4, 0.5) is 11.4 Å². The Labute approximate surface area is 170 Å². The van der Waals surface area contributed by atoms with Crippen molar-refractivity contribution in [3.8, 4) is 0 Å². The van der Waals surface area contributed by atoms with E-state index in [9.17, 15) is 14.4 Å². The van der Waals surface area contributed by atoms with Gasteiger partial charge in [-0.1, -0.05) is 0 Å². The lowest BCUT2D eigenvalue weighted by atomic mass is 10.1. The SMILES string of the molecule is Cl.O=C(O)CCCN1CCN(c2ccc(NC3CCC(=O)NC3=O)cc2)CC1. The van der Waals surface area contributed by atoms with Crippen molar-refractivity contribution in [1.82, 2.24) is 10.2 Å². The molecule has 9 heteroatoms. The minimum Gasteiger partial charge on any atom is -0.481 e. The van der Waals surface area contributed by atoms with Gasteiger partial charge in [0, 0.05) is 50.4 Å². The molecular weight excluding hydrogens is 384 g/mol. The Morgan fingerprint density at radius 3 is 2.43 bits per heavy atom. The number of rotatable bonds is 7. The smallest absolute Gasteiger partial charge is 0.303 e. The van der Waals surface area contributed by atoms with Crippen LogP contribution in [0.2, 0.25) is 0 Å². The van der Waals surface area contributed by atoms with Crippen LogP contribution in [0.5, 0.6) is 0 Å². The normalized spacial score (nSPS) is 20.3. The highest BCUT2D eigenvalue weighted by Crippen LogP contribution is 2.21. The lowest BCUT2D eigenvalue weighted by Crippen LogP contribution is -2.47. The number of benzene rings is 1. The minimum atomic E-state index is -0.736. The lowest BCUT2D eigenvalue weighted by Gasteiger charge is -2.36. The second-order valence-corrected chi connectivity index (χ2v) is 7.02. The molecule has 1 aromatic carbocycles. The number of hydrogen-bond acceptors (Lipinski definition) is 6. The summed E-state index contributed by atoms with van der Waals surface area (Å²) in [4.78, 5) is 38.2. The van der Waals surface area contributed by atoms with Crippen LogP contribution in [0.1, 0.15) is 25.7 Å². The van der Waals surface area contributed by atoms with E-state index < -0.39 is 5.97 Å². The number of carbonyl (C=O) groups is 3. The van der Waals surface area contributed by atoms with E-state index in [2.05, 4.69) is 20.4 Å². The summed E-state index contributed by atoms with van der Waals surface area (Å²) < 4.78 is 0. The van der Waals surface area contributed by atoms with Crippen LogP contribution in [0.15, 0.2) is 24.3 Å². The van der Waals surface area contributed by atoms with Gasteiger partial charge in [-0.15, -0.1) is 12.4 Å². The van der Waals surface area contributed by atoms with Gasteiger partial charge in [-0.2, -0.15) is 0 Å². The molecule has 0 aliphatic carbocycles. The number of imide groups is 1. The van der Waals surface area contributed by atoms with E-state index >= 15 is 0 Å². The van der Waals surface area contributed by atoms with Gasteiger partial charge < -0.3 is 15.3 Å². The van der Waals surface area contributed by atoms with E-state index in [4.69, 9.17) is 5.11 Å². The molecule has 2 aliphatic heterocycles. The third kappa shape index (κ3) is 6.10. The summed E-state index contributed by atoms with van der Waals surface area (Å²) in [6.45, 7) is 4.50. The summed E-state index contributed by atoms with van der Waals surface area (Å²) in [5, 5.41) is 14.3. The molecule has 0 radical (unpaired) electrons. The third-order valence-electron chi connectivity index (χ3n) is 5.05. The maximum absolute atomic E-state index is 11.8. The zero-order chi connectivity index (χ0) is 19.2. The zero-order valence-electron chi connectivity index (χ0n) is 15.7. The first-order valence-electron chi connectivity index (χ1n) is 9.40. The number of piperazine rings is 1. The molecule has 2 amide bonds. The van der Waals surface area contributed by atoms with Gasteiger partial charge in [0.15, 0.2) is 0 Å². The van der Waals surface area contributed by atoms with Crippen LogP contribution in [0, 0.1) is 0 Å². The highest BCUT2D eigenvalue weighted by atomic mass is 35.5. The highest BCUT2D eigenvalue weighted by molar-refractivity contribution is 6.01. The number of carboxylic acids is 1. The maximum atomic E-state index is 11.8. The van der Waals surface area contributed by atoms with Gasteiger partial charge in [-0.25, -0.2) is 0 Å². The fourth-order valence-corrected chi connectivity index (χ4v) is 3.48. The largest absolute Gasteiger partial charge is 0.481 e. The number of aliphatic carboxylic acids is 1. The van der Waals surface area contributed by atoms with Gasteiger partial charge >= 0.3 is 5.97 Å². The predicted octanol–water partition coefficient (Wildman–Crippen LogP) is 1.31. The first-order valence-corrected chi connectivity index (χ1v) is 9.40. The van der Waals surface area contributed by atoms with E-state index in [1.165, 1.54) is 0 Å². The minimum absolute atomic E-state index is 0. The average molecular weight is 411 g/mol. The number of amides is 2. The van der Waals surface area contributed by atoms with Gasteiger partial charge in [0.05, 0.1) is 0 Å². The molecule has 2 fully saturated rings. The van der Waals surface area contributed by atoms with E-state index in [1.807, 2.05) is 24.3 Å². The van der Waals surface area contributed by atoms with Crippen LogP contribution >= 0.6 is 12.4 Å². The van der Waals surface area contributed by atoms with E-state index in [0.29, 0.717) is 19.3 Å². The quantitative estimate of drug-likeness (QED) is 0.582. The molecule has 1 unspecified atom stereocenters. The van der Waals surface area contributed by atoms with Crippen molar-refractivity contribution in [2.45, 2.75) is 31.7 Å². The molecule has 2 saturated heterocycles. The van der Waals surface area contributed by atoms with E-state index in [0.717, 1.165) is 44.1 Å². The topological polar surface area (TPSA) is 102 Å². The van der Waals surface area contributed by atoms with Crippen LogP contribution in [0.25, 0.3) is 0 Å². The molecule has 3 rings (SSSR count). The average Bonchev–Trinajstić information content (AvgIpc) is 2.65. The van der Waals surface area contributed by atoms with Gasteiger partial charge in [0.1, 0.15) is 6.04 Å². The number of carbonyl (C=O) groups excluding carboxylic acids is 2. The fourth-order valence-electron chi connectivity index (χ4n) is 3.48. The molecular formula is C19H27ClN4O4. The van der Waals surface area contributed by atoms with Gasteiger partial charge in [-0.05, 0) is 43.7 Å². The highest BCUT2D eigenvalue weighted by Gasteiger charge is 2.26. The number of anilines is 2. The summed E-state index contributed by atoms with van der Waals surface area (Å²) in [5.74, 6) is -1.22. The van der Waals surface area contributed by atoms with Crippen molar-refractivity contribution < 1.29 is 19.5 Å². The van der Waals surface area contributed by atoms with E-state index in [-0.39, 0.29) is 36.7 Å². The predicted molar refractivity (Wildman–Crippen MR) is 109 cm³/mol. The van der Waals surface area contributed by atoms with Gasteiger partial charge in [-0.3, -0.25) is 24.6 Å². The third-order valence-corrected chi connectivity index (χ3v) is 5.05. The Morgan fingerprint density at radius 2 is 1.82 bits per heavy atom. The number of piperidine rings is 1. The molecule has 1 aromatic rings. The molecule has 0 spiro atoms. The van der Waals surface area contributed by atoms with Crippen LogP contribution in [-0.4, -0.2) is 66.6 Å². The Kier molecular flexibility index (Phi) is 8.07. The lowest BCUT2D eigenvalue weighted by molar-refractivity contribution is -0.137. The molecule has 0 saturated carbocycles. The van der Waals surface area contributed by atoms with Crippen molar-refractivity contribution in [3.63, 3.8) is 0 Å². The Morgan fingerprint density at radius 1 is 1.14 bits per heavy atom. The number of nitrogens with zero attached hydrogens (tertiary/aromatic N) is 2. The van der Waals surface area contributed by atoms with E-state index in [1.54, 1.807) is 0 Å². The monoisotopic (exact) mass is 410 g/mol. The summed E-state index contributed by atoms with van der Waals surface area (Å²) in [7, 11) is 0. The maximum Gasteiger partial charge on any atom is 0.303 e. The molecule has 28 heavy (non-hydrogen) atoms. The molecule has 2 aliphatic rings. The summed E-state index contributed by atoms with van der Waals surface area (Å²) in [6.07, 6.45) is 1.78. The summed E-state index contributed by atoms with van der Waals surface area (Å²) in [5.41, 5.74) is 1.99. The van der Waals surface area contributed by atoms with Crippen LogP contribution < -0.4 is 15.5 Å².